The smallest absolute Gasteiger partial charge is 0.00401 e. The first-order chi connectivity index (χ1) is 8.78. The van der Waals surface area contributed by atoms with Gasteiger partial charge in [0, 0.05) is 4.90 Å². The predicted octanol–water partition coefficient (Wildman–Crippen LogP) is 5.51. The average molecular weight is 262 g/mol. The highest BCUT2D eigenvalue weighted by molar-refractivity contribution is 7.80. The van der Waals surface area contributed by atoms with E-state index in [-0.39, 0.29) is 0 Å². The maximum absolute atomic E-state index is 4.33. The predicted molar refractivity (Wildman–Crippen MR) is 82.4 cm³/mol. The Balaban J connectivity index is 1.70. The van der Waals surface area contributed by atoms with Crippen LogP contribution in [0.1, 0.15) is 57.4 Å². The summed E-state index contributed by atoms with van der Waals surface area (Å²) in [6.07, 6.45) is 11.3. The van der Waals surface area contributed by atoms with Crippen LogP contribution < -0.4 is 0 Å². The molecular formula is C17H26S. The molecule has 0 N–H and O–H groups in total. The van der Waals surface area contributed by atoms with Crippen molar-refractivity contribution in [2.75, 3.05) is 0 Å². The molecule has 0 bridgehead atoms. The second-order valence-corrected chi connectivity index (χ2v) is 6.40. The Bertz CT molecular complexity index is 333. The van der Waals surface area contributed by atoms with Crippen LogP contribution in [0.4, 0.5) is 0 Å². The van der Waals surface area contributed by atoms with Crippen molar-refractivity contribution in [2.24, 2.45) is 11.8 Å². The molecule has 100 valence electrons. The van der Waals surface area contributed by atoms with Gasteiger partial charge in [-0.15, -0.1) is 12.6 Å². The summed E-state index contributed by atoms with van der Waals surface area (Å²) in [4.78, 5) is 1.07. The highest BCUT2D eigenvalue weighted by atomic mass is 32.1. The van der Waals surface area contributed by atoms with Gasteiger partial charge in [0.1, 0.15) is 0 Å². The van der Waals surface area contributed by atoms with Crippen LogP contribution in [0.15, 0.2) is 29.2 Å². The van der Waals surface area contributed by atoms with E-state index in [1.807, 2.05) is 0 Å². The molecule has 0 radical (unpaired) electrons. The van der Waals surface area contributed by atoms with Crippen molar-refractivity contribution >= 4 is 12.6 Å². The first-order valence-electron chi connectivity index (χ1n) is 7.56. The SMILES string of the molecule is CCCC1CCC(CCc2ccc(S)cc2)CC1. The van der Waals surface area contributed by atoms with E-state index in [2.05, 4.69) is 43.8 Å². The zero-order valence-corrected chi connectivity index (χ0v) is 12.5. The van der Waals surface area contributed by atoms with E-state index in [0.717, 1.165) is 16.7 Å². The second-order valence-electron chi connectivity index (χ2n) is 5.88. The lowest BCUT2D eigenvalue weighted by atomic mass is 9.78. The Hall–Kier alpha value is -0.430. The molecule has 0 nitrogen and oxygen atoms in total. The van der Waals surface area contributed by atoms with Gasteiger partial charge in [-0.3, -0.25) is 0 Å². The van der Waals surface area contributed by atoms with Crippen molar-refractivity contribution in [1.82, 2.24) is 0 Å². The Labute approximate surface area is 118 Å². The molecular weight excluding hydrogens is 236 g/mol. The van der Waals surface area contributed by atoms with Crippen LogP contribution >= 0.6 is 12.6 Å². The van der Waals surface area contributed by atoms with E-state index in [1.165, 1.54) is 56.9 Å². The number of aryl methyl sites for hydroxylation is 1. The molecule has 1 saturated carbocycles. The molecule has 0 aromatic heterocycles. The number of hydrogen-bond acceptors (Lipinski definition) is 1. The minimum atomic E-state index is 0.980. The summed E-state index contributed by atoms with van der Waals surface area (Å²) < 4.78 is 0. The van der Waals surface area contributed by atoms with E-state index < -0.39 is 0 Å². The van der Waals surface area contributed by atoms with Crippen LogP contribution in [-0.2, 0) is 6.42 Å². The van der Waals surface area contributed by atoms with Crippen molar-refractivity contribution in [3.05, 3.63) is 29.8 Å². The Morgan fingerprint density at radius 1 is 0.944 bits per heavy atom. The molecule has 0 saturated heterocycles. The standard InChI is InChI=1S/C17H26S/c1-2-3-14-4-6-15(7-5-14)8-9-16-10-12-17(18)13-11-16/h10-15,18H,2-9H2,1H3. The van der Waals surface area contributed by atoms with Gasteiger partial charge in [-0.1, -0.05) is 57.6 Å². The van der Waals surface area contributed by atoms with Gasteiger partial charge in [0.2, 0.25) is 0 Å². The second kappa shape index (κ2) is 7.23. The number of benzene rings is 1. The summed E-state index contributed by atoms with van der Waals surface area (Å²) in [5, 5.41) is 0. The lowest BCUT2D eigenvalue weighted by molar-refractivity contribution is 0.252. The summed E-state index contributed by atoms with van der Waals surface area (Å²) in [6.45, 7) is 2.32. The summed E-state index contributed by atoms with van der Waals surface area (Å²) in [5.74, 6) is 2.02. The molecule has 0 spiro atoms. The maximum atomic E-state index is 4.33. The van der Waals surface area contributed by atoms with E-state index in [1.54, 1.807) is 0 Å². The van der Waals surface area contributed by atoms with Gasteiger partial charge in [-0.2, -0.15) is 0 Å². The van der Waals surface area contributed by atoms with Crippen LogP contribution in [-0.4, -0.2) is 0 Å². The van der Waals surface area contributed by atoms with Crippen LogP contribution in [0.25, 0.3) is 0 Å². The third kappa shape index (κ3) is 4.35. The van der Waals surface area contributed by atoms with E-state index >= 15 is 0 Å². The van der Waals surface area contributed by atoms with Gasteiger partial charge in [0.25, 0.3) is 0 Å². The zero-order valence-electron chi connectivity index (χ0n) is 11.6. The lowest BCUT2D eigenvalue weighted by Gasteiger charge is -2.28. The molecule has 1 heteroatoms. The van der Waals surface area contributed by atoms with Crippen LogP contribution in [0.5, 0.6) is 0 Å². The third-order valence-corrected chi connectivity index (χ3v) is 4.74. The minimum Gasteiger partial charge on any atom is -0.143 e. The fourth-order valence-electron chi connectivity index (χ4n) is 3.25. The van der Waals surface area contributed by atoms with Crippen molar-refractivity contribution < 1.29 is 0 Å². The van der Waals surface area contributed by atoms with E-state index in [0.29, 0.717) is 0 Å². The van der Waals surface area contributed by atoms with Crippen LogP contribution in [0, 0.1) is 11.8 Å². The van der Waals surface area contributed by atoms with Gasteiger partial charge in [0.15, 0.2) is 0 Å². The quantitative estimate of drug-likeness (QED) is 0.664. The molecule has 1 aliphatic rings. The van der Waals surface area contributed by atoms with Gasteiger partial charge in [0.05, 0.1) is 0 Å². The van der Waals surface area contributed by atoms with Gasteiger partial charge in [-0.05, 0) is 42.4 Å². The Morgan fingerprint density at radius 3 is 2.06 bits per heavy atom. The molecule has 0 heterocycles. The average Bonchev–Trinajstić information content (AvgIpc) is 2.40. The topological polar surface area (TPSA) is 0 Å². The van der Waals surface area contributed by atoms with Gasteiger partial charge in [-0.25, -0.2) is 0 Å². The maximum Gasteiger partial charge on any atom is 0.00401 e. The van der Waals surface area contributed by atoms with Crippen molar-refractivity contribution in [1.29, 1.82) is 0 Å². The number of thiol groups is 1. The zero-order chi connectivity index (χ0) is 12.8. The molecule has 0 atom stereocenters. The number of rotatable bonds is 5. The highest BCUT2D eigenvalue weighted by Gasteiger charge is 2.20. The van der Waals surface area contributed by atoms with E-state index in [9.17, 15) is 0 Å². The largest absolute Gasteiger partial charge is 0.143 e. The molecule has 18 heavy (non-hydrogen) atoms. The Morgan fingerprint density at radius 2 is 1.50 bits per heavy atom. The summed E-state index contributed by atoms with van der Waals surface area (Å²) in [6, 6.07) is 8.67. The first kappa shape index (κ1) is 14.0. The molecule has 2 rings (SSSR count). The third-order valence-electron chi connectivity index (χ3n) is 4.44. The Kier molecular flexibility index (Phi) is 5.62. The first-order valence-corrected chi connectivity index (χ1v) is 8.00. The summed E-state index contributed by atoms with van der Waals surface area (Å²) in [7, 11) is 0. The molecule has 1 aliphatic carbocycles. The molecule has 1 aromatic carbocycles. The van der Waals surface area contributed by atoms with Crippen molar-refractivity contribution in [2.45, 2.75) is 63.2 Å². The summed E-state index contributed by atoms with van der Waals surface area (Å²) in [5.41, 5.74) is 1.48. The van der Waals surface area contributed by atoms with Gasteiger partial charge < -0.3 is 0 Å². The fourth-order valence-corrected chi connectivity index (χ4v) is 3.40. The molecule has 1 fully saturated rings. The van der Waals surface area contributed by atoms with Crippen molar-refractivity contribution in [3.8, 4) is 0 Å². The molecule has 0 amide bonds. The van der Waals surface area contributed by atoms with Crippen LogP contribution in [0.2, 0.25) is 0 Å². The van der Waals surface area contributed by atoms with Crippen LogP contribution in [0.3, 0.4) is 0 Å². The van der Waals surface area contributed by atoms with Crippen molar-refractivity contribution in [3.63, 3.8) is 0 Å². The lowest BCUT2D eigenvalue weighted by Crippen LogP contribution is -2.15. The molecule has 0 unspecified atom stereocenters. The fraction of sp³-hybridized carbons (Fsp3) is 0.647. The monoisotopic (exact) mass is 262 g/mol. The van der Waals surface area contributed by atoms with Gasteiger partial charge >= 0.3 is 0 Å². The number of hydrogen-bond donors (Lipinski definition) is 1. The minimum absolute atomic E-state index is 0.980. The molecule has 1 aromatic rings. The van der Waals surface area contributed by atoms with E-state index in [4.69, 9.17) is 0 Å². The normalized spacial score (nSPS) is 24.1. The highest BCUT2D eigenvalue weighted by Crippen LogP contribution is 2.33. The molecule has 0 aliphatic heterocycles. The summed E-state index contributed by atoms with van der Waals surface area (Å²) >= 11 is 4.33.